The first-order chi connectivity index (χ1) is 14.3. The van der Waals surface area contributed by atoms with Gasteiger partial charge in [-0.05, 0) is 37.2 Å². The van der Waals surface area contributed by atoms with E-state index < -0.39 is 40.0 Å². The molecule has 2 N–H and O–H groups in total. The van der Waals surface area contributed by atoms with Gasteiger partial charge in [-0.2, -0.15) is 5.10 Å². The Morgan fingerprint density at radius 2 is 1.97 bits per heavy atom. The molecular formula is C20H17F4N3O2S. The molecule has 2 heterocycles. The molecule has 158 valence electrons. The van der Waals surface area contributed by atoms with Crippen LogP contribution in [0.3, 0.4) is 0 Å². The number of halogens is 4. The molecule has 5 nitrogen and oxygen atoms in total. The number of nitrogens with two attached hydrogens (primary N) is 1. The third kappa shape index (κ3) is 3.14. The van der Waals surface area contributed by atoms with Gasteiger partial charge < -0.3 is 10.5 Å². The molecule has 1 spiro atoms. The fourth-order valence-electron chi connectivity index (χ4n) is 3.81. The molecule has 0 saturated heterocycles. The number of nitrogens with zero attached hydrogens (tertiary/aromatic N) is 2. The van der Waals surface area contributed by atoms with E-state index in [2.05, 4.69) is 5.10 Å². The zero-order chi connectivity index (χ0) is 21.6. The van der Waals surface area contributed by atoms with Gasteiger partial charge in [0.2, 0.25) is 5.91 Å². The molecule has 2 atom stereocenters. The predicted molar refractivity (Wildman–Crippen MR) is 104 cm³/mol. The van der Waals surface area contributed by atoms with E-state index in [9.17, 15) is 22.4 Å². The zero-order valence-corrected chi connectivity index (χ0v) is 16.6. The van der Waals surface area contributed by atoms with Crippen molar-refractivity contribution in [3.8, 4) is 5.75 Å². The minimum Gasteiger partial charge on any atom is -0.493 e. The molecule has 0 saturated carbocycles. The first-order valence-electron chi connectivity index (χ1n) is 9.14. The van der Waals surface area contributed by atoms with Crippen LogP contribution in [0.15, 0.2) is 35.4 Å². The lowest BCUT2D eigenvalue weighted by molar-refractivity contribution is -0.134. The summed E-state index contributed by atoms with van der Waals surface area (Å²) in [6.45, 7) is 1.54. The van der Waals surface area contributed by atoms with Gasteiger partial charge in [0, 0.05) is 30.0 Å². The highest BCUT2D eigenvalue weighted by molar-refractivity contribution is 8.15. The second-order valence-corrected chi connectivity index (χ2v) is 8.22. The van der Waals surface area contributed by atoms with Crippen LogP contribution in [-0.2, 0) is 9.67 Å². The van der Waals surface area contributed by atoms with Crippen molar-refractivity contribution in [3.63, 3.8) is 0 Å². The lowest BCUT2D eigenvalue weighted by Crippen LogP contribution is -2.51. The van der Waals surface area contributed by atoms with Crippen molar-refractivity contribution in [2.45, 2.75) is 18.2 Å². The highest BCUT2D eigenvalue weighted by Gasteiger charge is 2.56. The van der Waals surface area contributed by atoms with Crippen molar-refractivity contribution in [2.75, 3.05) is 13.2 Å². The average molecular weight is 439 g/mol. The molecule has 0 aromatic heterocycles. The number of benzene rings is 2. The normalized spacial score (nSPS) is 22.7. The third-order valence-electron chi connectivity index (χ3n) is 5.13. The largest absolute Gasteiger partial charge is 0.493 e. The molecule has 30 heavy (non-hydrogen) atoms. The number of fused-ring (bicyclic) bond motifs is 2. The van der Waals surface area contributed by atoms with Crippen LogP contribution in [0.2, 0.25) is 0 Å². The second-order valence-electron chi connectivity index (χ2n) is 7.01. The summed E-state index contributed by atoms with van der Waals surface area (Å²) in [7, 11) is 0. The summed E-state index contributed by atoms with van der Waals surface area (Å²) in [6, 6.07) is 4.77. The van der Waals surface area contributed by atoms with Crippen LogP contribution >= 0.6 is 11.8 Å². The lowest BCUT2D eigenvalue weighted by Gasteiger charge is -2.45. The Balaban J connectivity index is 1.93. The van der Waals surface area contributed by atoms with Gasteiger partial charge in [0.15, 0.2) is 16.5 Å². The average Bonchev–Trinajstić information content (AvgIpc) is 3.09. The van der Waals surface area contributed by atoms with Crippen molar-refractivity contribution in [1.82, 2.24) is 5.01 Å². The van der Waals surface area contributed by atoms with Crippen molar-refractivity contribution in [1.29, 1.82) is 0 Å². The standard InChI is InChI=1S/C20H17F4N3O2S/c1-10(28)27-20(30-19(26-27)13-6-12(21)2-3-15(13)22)11(4-5-25)9-29-18-8-17(24)16(23)7-14(18)20/h2-3,6-8,11H,4-5,9,25H2,1H3/t11-,20-/m1/s1. The smallest absolute Gasteiger partial charge is 0.241 e. The zero-order valence-electron chi connectivity index (χ0n) is 15.8. The number of rotatable bonds is 3. The SMILES string of the molecule is CC(=O)N1N=C(c2cc(F)ccc2F)S[C@]12c1cc(F)c(F)cc1OC[C@H]2CCN. The quantitative estimate of drug-likeness (QED) is 0.741. The van der Waals surface area contributed by atoms with Gasteiger partial charge in [0.05, 0.1) is 6.61 Å². The molecule has 2 aliphatic heterocycles. The highest BCUT2D eigenvalue weighted by atomic mass is 32.2. The van der Waals surface area contributed by atoms with E-state index >= 15 is 0 Å². The van der Waals surface area contributed by atoms with E-state index in [1.54, 1.807) is 0 Å². The maximum atomic E-state index is 14.4. The minimum absolute atomic E-state index is 0.0433. The van der Waals surface area contributed by atoms with Gasteiger partial charge in [0.25, 0.3) is 0 Å². The summed E-state index contributed by atoms with van der Waals surface area (Å²) in [4.78, 5) is 11.2. The molecular weight excluding hydrogens is 422 g/mol. The fourth-order valence-corrected chi connectivity index (χ4v) is 5.37. The van der Waals surface area contributed by atoms with Crippen LogP contribution in [0.5, 0.6) is 5.75 Å². The second kappa shape index (κ2) is 7.59. The third-order valence-corrected chi connectivity index (χ3v) is 6.66. The van der Waals surface area contributed by atoms with Gasteiger partial charge in [-0.1, -0.05) is 11.8 Å². The molecule has 2 aromatic carbocycles. The van der Waals surface area contributed by atoms with Crippen LogP contribution in [0.1, 0.15) is 24.5 Å². The van der Waals surface area contributed by atoms with Crippen LogP contribution in [0.4, 0.5) is 17.6 Å². The number of hydrogen-bond acceptors (Lipinski definition) is 5. The van der Waals surface area contributed by atoms with E-state index in [0.717, 1.165) is 47.1 Å². The van der Waals surface area contributed by atoms with E-state index in [1.807, 2.05) is 0 Å². The first-order valence-corrected chi connectivity index (χ1v) is 9.95. The summed E-state index contributed by atoms with van der Waals surface area (Å²) in [5, 5.41) is 5.42. The number of carbonyl (C=O) groups excluding carboxylic acids is 1. The van der Waals surface area contributed by atoms with Crippen molar-refractivity contribution in [3.05, 3.63) is 64.7 Å². The van der Waals surface area contributed by atoms with Gasteiger partial charge >= 0.3 is 0 Å². The molecule has 0 bridgehead atoms. The molecule has 2 aromatic rings. The van der Waals surface area contributed by atoms with E-state index in [0.29, 0.717) is 6.42 Å². The monoisotopic (exact) mass is 439 g/mol. The van der Waals surface area contributed by atoms with Gasteiger partial charge in [0.1, 0.15) is 22.4 Å². The maximum Gasteiger partial charge on any atom is 0.241 e. The summed E-state index contributed by atoms with van der Waals surface area (Å²) in [5.41, 5.74) is 5.79. The molecule has 4 rings (SSSR count). The Morgan fingerprint density at radius 3 is 2.67 bits per heavy atom. The van der Waals surface area contributed by atoms with Gasteiger partial charge in [-0.15, -0.1) is 0 Å². The number of thioether (sulfide) groups is 1. The summed E-state index contributed by atoms with van der Waals surface area (Å²) >= 11 is 0.975. The number of amides is 1. The van der Waals surface area contributed by atoms with Crippen molar-refractivity contribution >= 4 is 22.7 Å². The van der Waals surface area contributed by atoms with Crippen molar-refractivity contribution < 1.29 is 27.1 Å². The minimum atomic E-state index is -1.35. The van der Waals surface area contributed by atoms with Gasteiger partial charge in [-0.25, -0.2) is 22.6 Å². The Kier molecular flexibility index (Phi) is 5.23. The topological polar surface area (TPSA) is 67.9 Å². The Labute approximate surface area is 173 Å². The van der Waals surface area contributed by atoms with E-state index in [-0.39, 0.29) is 35.1 Å². The lowest BCUT2D eigenvalue weighted by atomic mass is 9.86. The molecule has 2 aliphatic rings. The Morgan fingerprint density at radius 1 is 1.23 bits per heavy atom. The molecule has 10 heteroatoms. The molecule has 0 fully saturated rings. The van der Waals surface area contributed by atoms with Gasteiger partial charge in [-0.3, -0.25) is 4.79 Å². The van der Waals surface area contributed by atoms with E-state index in [1.165, 1.54) is 6.92 Å². The maximum absolute atomic E-state index is 14.4. The van der Waals surface area contributed by atoms with Crippen LogP contribution < -0.4 is 10.5 Å². The first kappa shape index (κ1) is 20.7. The number of ether oxygens (including phenoxy) is 1. The summed E-state index contributed by atoms with van der Waals surface area (Å²) < 4.78 is 61.9. The Hall–Kier alpha value is -2.59. The summed E-state index contributed by atoms with van der Waals surface area (Å²) in [6.07, 6.45) is 0.365. The molecule has 0 radical (unpaired) electrons. The summed E-state index contributed by atoms with van der Waals surface area (Å²) in [5.74, 6) is -4.55. The van der Waals surface area contributed by atoms with Crippen LogP contribution in [-0.4, -0.2) is 29.1 Å². The Bertz CT molecular complexity index is 1060. The predicted octanol–water partition coefficient (Wildman–Crippen LogP) is 3.71. The number of hydrazone groups is 1. The van der Waals surface area contributed by atoms with Crippen LogP contribution in [0.25, 0.3) is 0 Å². The molecule has 1 amide bonds. The number of carbonyl (C=O) groups is 1. The highest BCUT2D eigenvalue weighted by Crippen LogP contribution is 2.57. The van der Waals surface area contributed by atoms with Crippen LogP contribution in [0, 0.1) is 29.2 Å². The fraction of sp³-hybridized carbons (Fsp3) is 0.300. The number of hydrogen-bond donors (Lipinski definition) is 1. The van der Waals surface area contributed by atoms with Crippen molar-refractivity contribution in [2.24, 2.45) is 16.8 Å². The molecule has 0 unspecified atom stereocenters. The molecule has 0 aliphatic carbocycles. The van der Waals surface area contributed by atoms with E-state index in [4.69, 9.17) is 10.5 Å².